The summed E-state index contributed by atoms with van der Waals surface area (Å²) in [7, 11) is 0. The minimum absolute atomic E-state index is 0.0186. The Morgan fingerprint density at radius 1 is 1.35 bits per heavy atom. The van der Waals surface area contributed by atoms with Crippen LogP contribution in [-0.2, 0) is 0 Å². The molecular weight excluding hydrogens is 217 g/mol. The van der Waals surface area contributed by atoms with Gasteiger partial charge in [0.15, 0.2) is 0 Å². The zero-order valence-corrected chi connectivity index (χ0v) is 11.1. The minimum Gasteiger partial charge on any atom is -0.349 e. The average Bonchev–Trinajstić information content (AvgIpc) is 2.20. The number of aryl methyl sites for hydroxylation is 1. The van der Waals surface area contributed by atoms with Crippen molar-refractivity contribution in [3.05, 3.63) is 35.1 Å². The van der Waals surface area contributed by atoms with Crippen LogP contribution in [0.1, 0.15) is 43.6 Å². The van der Waals surface area contributed by atoms with Gasteiger partial charge in [-0.2, -0.15) is 0 Å². The van der Waals surface area contributed by atoms with Crippen molar-refractivity contribution in [3.63, 3.8) is 0 Å². The minimum atomic E-state index is -0.439. The first kappa shape index (κ1) is 13.7. The molecule has 1 N–H and O–H groups in total. The van der Waals surface area contributed by atoms with E-state index in [1.165, 1.54) is 6.07 Å². The zero-order valence-electron chi connectivity index (χ0n) is 11.1. The summed E-state index contributed by atoms with van der Waals surface area (Å²) in [5.41, 5.74) is 0.554. The molecule has 0 aliphatic heterocycles. The number of carbonyl (C=O) groups excluding carboxylic acids is 1. The van der Waals surface area contributed by atoms with Crippen LogP contribution in [0.4, 0.5) is 4.39 Å². The third kappa shape index (κ3) is 3.29. The van der Waals surface area contributed by atoms with Crippen molar-refractivity contribution in [1.29, 1.82) is 0 Å². The van der Waals surface area contributed by atoms with Gasteiger partial charge in [-0.1, -0.05) is 32.9 Å². The Labute approximate surface area is 102 Å². The lowest BCUT2D eigenvalue weighted by atomic mass is 9.88. The Bertz CT molecular complexity index is 421. The topological polar surface area (TPSA) is 29.1 Å². The zero-order chi connectivity index (χ0) is 13.2. The molecule has 0 fully saturated rings. The average molecular weight is 237 g/mol. The Morgan fingerprint density at radius 3 is 2.47 bits per heavy atom. The monoisotopic (exact) mass is 237 g/mol. The van der Waals surface area contributed by atoms with Crippen molar-refractivity contribution >= 4 is 5.91 Å². The highest BCUT2D eigenvalue weighted by Gasteiger charge is 2.23. The number of benzene rings is 1. The Kier molecular flexibility index (Phi) is 3.91. The van der Waals surface area contributed by atoms with Crippen LogP contribution in [0.5, 0.6) is 0 Å². The predicted molar refractivity (Wildman–Crippen MR) is 67.5 cm³/mol. The van der Waals surface area contributed by atoms with Gasteiger partial charge < -0.3 is 5.32 Å². The van der Waals surface area contributed by atoms with Gasteiger partial charge in [0.25, 0.3) is 5.91 Å². The summed E-state index contributed by atoms with van der Waals surface area (Å²) >= 11 is 0. The quantitative estimate of drug-likeness (QED) is 0.840. The van der Waals surface area contributed by atoms with E-state index in [0.29, 0.717) is 5.56 Å². The molecule has 1 atom stereocenters. The summed E-state index contributed by atoms with van der Waals surface area (Å²) in [5, 5.41) is 2.83. The van der Waals surface area contributed by atoms with Gasteiger partial charge in [0.2, 0.25) is 0 Å². The van der Waals surface area contributed by atoms with Gasteiger partial charge in [0.05, 0.1) is 5.56 Å². The number of rotatable bonds is 2. The van der Waals surface area contributed by atoms with Gasteiger partial charge in [-0.25, -0.2) is 4.39 Å². The van der Waals surface area contributed by atoms with Gasteiger partial charge in [-0.3, -0.25) is 4.79 Å². The van der Waals surface area contributed by atoms with Crippen molar-refractivity contribution in [2.24, 2.45) is 5.41 Å². The molecule has 1 rings (SSSR count). The van der Waals surface area contributed by atoms with Crippen LogP contribution in [0.2, 0.25) is 0 Å². The van der Waals surface area contributed by atoms with Crippen LogP contribution in [0.15, 0.2) is 18.2 Å². The van der Waals surface area contributed by atoms with E-state index in [1.54, 1.807) is 19.1 Å². The molecule has 0 heterocycles. The Morgan fingerprint density at radius 2 is 1.94 bits per heavy atom. The van der Waals surface area contributed by atoms with E-state index in [1.807, 2.05) is 27.7 Å². The molecule has 17 heavy (non-hydrogen) atoms. The van der Waals surface area contributed by atoms with Crippen LogP contribution < -0.4 is 5.32 Å². The molecule has 0 aromatic heterocycles. The second kappa shape index (κ2) is 4.86. The number of halogens is 1. The van der Waals surface area contributed by atoms with Crippen LogP contribution in [0, 0.1) is 18.2 Å². The molecule has 1 amide bonds. The first-order valence-electron chi connectivity index (χ1n) is 5.79. The fourth-order valence-corrected chi connectivity index (χ4v) is 1.31. The third-order valence-electron chi connectivity index (χ3n) is 3.08. The molecule has 3 heteroatoms. The van der Waals surface area contributed by atoms with Crippen LogP contribution in [0.25, 0.3) is 0 Å². The number of carbonyl (C=O) groups is 1. The highest BCUT2D eigenvalue weighted by Crippen LogP contribution is 2.19. The summed E-state index contributed by atoms with van der Waals surface area (Å²) in [5.74, 6) is -0.792. The van der Waals surface area contributed by atoms with Crippen molar-refractivity contribution in [2.45, 2.75) is 40.7 Å². The summed E-state index contributed by atoms with van der Waals surface area (Å²) in [6.07, 6.45) is 0. The van der Waals surface area contributed by atoms with Crippen molar-refractivity contribution in [2.75, 3.05) is 0 Å². The molecule has 0 aliphatic rings. The second-order valence-electron chi connectivity index (χ2n) is 5.50. The first-order valence-corrected chi connectivity index (χ1v) is 5.79. The normalized spacial score (nSPS) is 13.3. The molecule has 2 nitrogen and oxygen atoms in total. The third-order valence-corrected chi connectivity index (χ3v) is 3.08. The van der Waals surface area contributed by atoms with Crippen LogP contribution >= 0.6 is 0 Å². The van der Waals surface area contributed by atoms with E-state index >= 15 is 0 Å². The first-order chi connectivity index (χ1) is 7.73. The van der Waals surface area contributed by atoms with E-state index in [0.717, 1.165) is 0 Å². The number of nitrogens with one attached hydrogen (secondary N) is 1. The largest absolute Gasteiger partial charge is 0.349 e. The van der Waals surface area contributed by atoms with Crippen LogP contribution in [-0.4, -0.2) is 11.9 Å². The van der Waals surface area contributed by atoms with Crippen molar-refractivity contribution < 1.29 is 9.18 Å². The number of amides is 1. The molecule has 0 aliphatic carbocycles. The summed E-state index contributed by atoms with van der Waals surface area (Å²) in [6.45, 7) is 9.67. The molecule has 1 aromatic rings. The molecule has 0 spiro atoms. The maximum atomic E-state index is 13.7. The standard InChI is InChI=1S/C14H20FNO/c1-9-7-6-8-11(12(9)15)13(17)16-10(2)14(3,4)5/h6-8,10H,1-5H3,(H,16,17). The van der Waals surface area contributed by atoms with E-state index in [2.05, 4.69) is 5.32 Å². The second-order valence-corrected chi connectivity index (χ2v) is 5.50. The molecule has 1 unspecified atom stereocenters. The summed E-state index contributed by atoms with van der Waals surface area (Å²) < 4.78 is 13.7. The van der Waals surface area contributed by atoms with Gasteiger partial charge in [0, 0.05) is 6.04 Å². The van der Waals surface area contributed by atoms with Gasteiger partial charge >= 0.3 is 0 Å². The van der Waals surface area contributed by atoms with E-state index in [9.17, 15) is 9.18 Å². The molecule has 94 valence electrons. The number of hydrogen-bond acceptors (Lipinski definition) is 1. The molecule has 0 saturated heterocycles. The van der Waals surface area contributed by atoms with Crippen molar-refractivity contribution in [1.82, 2.24) is 5.32 Å². The molecule has 0 bridgehead atoms. The summed E-state index contributed by atoms with van der Waals surface area (Å²) in [6, 6.07) is 4.83. The Balaban J connectivity index is 2.88. The van der Waals surface area contributed by atoms with Gasteiger partial charge in [0.1, 0.15) is 5.82 Å². The highest BCUT2D eigenvalue weighted by atomic mass is 19.1. The van der Waals surface area contributed by atoms with Gasteiger partial charge in [-0.05, 0) is 30.9 Å². The van der Waals surface area contributed by atoms with E-state index < -0.39 is 5.82 Å². The van der Waals surface area contributed by atoms with E-state index in [-0.39, 0.29) is 22.9 Å². The summed E-state index contributed by atoms with van der Waals surface area (Å²) in [4.78, 5) is 11.9. The maximum Gasteiger partial charge on any atom is 0.254 e. The molecular formula is C14H20FNO. The molecule has 0 radical (unpaired) electrons. The smallest absolute Gasteiger partial charge is 0.254 e. The fourth-order valence-electron chi connectivity index (χ4n) is 1.31. The lowest BCUT2D eigenvalue weighted by molar-refractivity contribution is 0.0906. The lowest BCUT2D eigenvalue weighted by Crippen LogP contribution is -2.41. The van der Waals surface area contributed by atoms with E-state index in [4.69, 9.17) is 0 Å². The van der Waals surface area contributed by atoms with Crippen molar-refractivity contribution in [3.8, 4) is 0 Å². The van der Waals surface area contributed by atoms with Gasteiger partial charge in [-0.15, -0.1) is 0 Å². The van der Waals surface area contributed by atoms with Crippen LogP contribution in [0.3, 0.4) is 0 Å². The fraction of sp³-hybridized carbons (Fsp3) is 0.500. The lowest BCUT2D eigenvalue weighted by Gasteiger charge is -2.28. The Hall–Kier alpha value is -1.38. The molecule has 0 saturated carbocycles. The predicted octanol–water partition coefficient (Wildman–Crippen LogP) is 3.30. The molecule has 1 aromatic carbocycles. The SMILES string of the molecule is Cc1cccc(C(=O)NC(C)C(C)(C)C)c1F. The maximum absolute atomic E-state index is 13.7. The number of hydrogen-bond donors (Lipinski definition) is 1. The highest BCUT2D eigenvalue weighted by molar-refractivity contribution is 5.94.